The number of hydrogen-bond acceptors (Lipinski definition) is 5. The SMILES string of the molecule is O=C(COC(=O)/C=C/c1c(F)cccc1Cl)Nc1nc(-c2cc(F)ccc2F)cs1. The smallest absolute Gasteiger partial charge is 0.331 e. The Morgan fingerprint density at radius 3 is 2.73 bits per heavy atom. The van der Waals surface area contributed by atoms with E-state index in [-0.39, 0.29) is 27.0 Å². The Kier molecular flexibility index (Phi) is 6.86. The van der Waals surface area contributed by atoms with Gasteiger partial charge in [0, 0.05) is 22.6 Å². The summed E-state index contributed by atoms with van der Waals surface area (Å²) in [5.74, 6) is -3.47. The van der Waals surface area contributed by atoms with Gasteiger partial charge in [0.1, 0.15) is 17.5 Å². The number of carbonyl (C=O) groups is 2. The van der Waals surface area contributed by atoms with E-state index in [2.05, 4.69) is 10.3 Å². The molecule has 0 saturated heterocycles. The van der Waals surface area contributed by atoms with Crippen molar-refractivity contribution in [2.45, 2.75) is 0 Å². The number of nitrogens with one attached hydrogen (secondary N) is 1. The van der Waals surface area contributed by atoms with Gasteiger partial charge in [0.2, 0.25) is 0 Å². The first-order valence-corrected chi connectivity index (χ1v) is 9.59. The molecule has 1 amide bonds. The molecule has 3 rings (SSSR count). The highest BCUT2D eigenvalue weighted by Crippen LogP contribution is 2.27. The fourth-order valence-electron chi connectivity index (χ4n) is 2.31. The third-order valence-electron chi connectivity index (χ3n) is 3.69. The average molecular weight is 453 g/mol. The van der Waals surface area contributed by atoms with E-state index in [0.717, 1.165) is 41.7 Å². The molecule has 3 aromatic rings. The van der Waals surface area contributed by atoms with Gasteiger partial charge in [-0.15, -0.1) is 11.3 Å². The Morgan fingerprint density at radius 2 is 1.97 bits per heavy atom. The zero-order valence-electron chi connectivity index (χ0n) is 15.0. The van der Waals surface area contributed by atoms with E-state index in [1.165, 1.54) is 23.6 Å². The van der Waals surface area contributed by atoms with Crippen LogP contribution in [0.25, 0.3) is 17.3 Å². The van der Waals surface area contributed by atoms with Gasteiger partial charge in [-0.05, 0) is 36.4 Å². The lowest BCUT2D eigenvalue weighted by molar-refractivity contribution is -0.142. The molecule has 30 heavy (non-hydrogen) atoms. The molecule has 154 valence electrons. The molecule has 0 aliphatic heterocycles. The van der Waals surface area contributed by atoms with E-state index in [0.29, 0.717) is 0 Å². The molecule has 0 aliphatic rings. The molecule has 0 radical (unpaired) electrons. The minimum atomic E-state index is -0.883. The normalized spacial score (nSPS) is 10.9. The van der Waals surface area contributed by atoms with Crippen molar-refractivity contribution >= 4 is 46.0 Å². The minimum absolute atomic E-state index is 0.0143. The number of anilines is 1. The summed E-state index contributed by atoms with van der Waals surface area (Å²) in [6.45, 7) is -0.628. The molecule has 10 heteroatoms. The summed E-state index contributed by atoms with van der Waals surface area (Å²) in [4.78, 5) is 27.6. The predicted octanol–water partition coefficient (Wildman–Crippen LogP) is 5.08. The van der Waals surface area contributed by atoms with E-state index in [4.69, 9.17) is 16.3 Å². The maximum Gasteiger partial charge on any atom is 0.331 e. The third-order valence-corrected chi connectivity index (χ3v) is 4.77. The van der Waals surface area contributed by atoms with Gasteiger partial charge in [-0.25, -0.2) is 22.9 Å². The summed E-state index contributed by atoms with van der Waals surface area (Å²) in [6, 6.07) is 7.01. The number of rotatable bonds is 6. The predicted molar refractivity (Wildman–Crippen MR) is 107 cm³/mol. The second kappa shape index (κ2) is 9.55. The second-order valence-corrected chi connectivity index (χ2v) is 7.05. The van der Waals surface area contributed by atoms with Crippen molar-refractivity contribution in [1.29, 1.82) is 0 Å². The van der Waals surface area contributed by atoms with Gasteiger partial charge >= 0.3 is 5.97 Å². The van der Waals surface area contributed by atoms with Crippen LogP contribution in [0.3, 0.4) is 0 Å². The number of nitrogens with zero attached hydrogens (tertiary/aromatic N) is 1. The van der Waals surface area contributed by atoms with Crippen LogP contribution < -0.4 is 5.32 Å². The highest BCUT2D eigenvalue weighted by atomic mass is 35.5. The maximum atomic E-state index is 13.8. The van der Waals surface area contributed by atoms with Crippen LogP contribution in [-0.2, 0) is 14.3 Å². The van der Waals surface area contributed by atoms with Crippen LogP contribution in [0.15, 0.2) is 47.9 Å². The van der Waals surface area contributed by atoms with Crippen LogP contribution in [0.2, 0.25) is 5.02 Å². The highest BCUT2D eigenvalue weighted by Gasteiger charge is 2.13. The summed E-state index contributed by atoms with van der Waals surface area (Å²) >= 11 is 6.83. The zero-order valence-corrected chi connectivity index (χ0v) is 16.6. The third kappa shape index (κ3) is 5.46. The Hall–Kier alpha value is -3.17. The molecule has 1 heterocycles. The molecule has 0 atom stereocenters. The van der Waals surface area contributed by atoms with E-state index >= 15 is 0 Å². The standard InChI is InChI=1S/C20H12ClF3N2O3S/c21-14-2-1-3-15(23)12(14)5-7-19(28)29-9-18(27)26-20-25-17(10-30-20)13-8-11(22)4-6-16(13)24/h1-8,10H,9H2,(H,25,26,27)/b7-5+. The van der Waals surface area contributed by atoms with Crippen LogP contribution in [-0.4, -0.2) is 23.5 Å². The number of ether oxygens (including phenoxy) is 1. The lowest BCUT2D eigenvalue weighted by atomic mass is 10.1. The zero-order chi connectivity index (χ0) is 21.7. The number of carbonyl (C=O) groups excluding carboxylic acids is 2. The lowest BCUT2D eigenvalue weighted by Crippen LogP contribution is -2.20. The summed E-state index contributed by atoms with van der Waals surface area (Å²) in [5.41, 5.74) is 0.115. The molecule has 0 saturated carbocycles. The van der Waals surface area contributed by atoms with Gasteiger partial charge in [-0.2, -0.15) is 0 Å². The monoisotopic (exact) mass is 452 g/mol. The Bertz CT molecular complexity index is 1110. The minimum Gasteiger partial charge on any atom is -0.452 e. The maximum absolute atomic E-state index is 13.8. The van der Waals surface area contributed by atoms with Crippen LogP contribution in [0.4, 0.5) is 18.3 Å². The van der Waals surface area contributed by atoms with Crippen molar-refractivity contribution < 1.29 is 27.5 Å². The molecule has 0 bridgehead atoms. The van der Waals surface area contributed by atoms with Crippen LogP contribution in [0, 0.1) is 17.5 Å². The van der Waals surface area contributed by atoms with E-state index in [1.807, 2.05) is 0 Å². The van der Waals surface area contributed by atoms with Crippen molar-refractivity contribution in [3.63, 3.8) is 0 Å². The van der Waals surface area contributed by atoms with E-state index in [9.17, 15) is 22.8 Å². The Labute approximate surface area is 177 Å². The van der Waals surface area contributed by atoms with Crippen LogP contribution in [0.5, 0.6) is 0 Å². The lowest BCUT2D eigenvalue weighted by Gasteiger charge is -2.03. The first kappa shape index (κ1) is 21.5. The van der Waals surface area contributed by atoms with Crippen LogP contribution in [0.1, 0.15) is 5.56 Å². The van der Waals surface area contributed by atoms with Crippen molar-refractivity contribution in [3.05, 3.63) is 75.9 Å². The number of halogens is 4. The fraction of sp³-hybridized carbons (Fsp3) is 0.0500. The second-order valence-electron chi connectivity index (χ2n) is 5.79. The molecule has 1 N–H and O–H groups in total. The first-order valence-electron chi connectivity index (χ1n) is 8.33. The number of aromatic nitrogens is 1. The molecule has 5 nitrogen and oxygen atoms in total. The molecule has 0 aliphatic carbocycles. The number of thiazole rings is 1. The van der Waals surface area contributed by atoms with Crippen LogP contribution >= 0.6 is 22.9 Å². The van der Waals surface area contributed by atoms with E-state index in [1.54, 1.807) is 0 Å². The summed E-state index contributed by atoms with van der Waals surface area (Å²) in [6.07, 6.45) is 2.07. The van der Waals surface area contributed by atoms with Crippen molar-refractivity contribution in [1.82, 2.24) is 4.98 Å². The molecule has 2 aromatic carbocycles. The van der Waals surface area contributed by atoms with Crippen molar-refractivity contribution in [2.75, 3.05) is 11.9 Å². The molecular formula is C20H12ClF3N2O3S. The summed E-state index contributed by atoms with van der Waals surface area (Å²) < 4.78 is 45.5. The number of benzene rings is 2. The van der Waals surface area contributed by atoms with Gasteiger partial charge in [-0.1, -0.05) is 17.7 Å². The van der Waals surface area contributed by atoms with Gasteiger partial charge in [-0.3, -0.25) is 10.1 Å². The quantitative estimate of drug-likeness (QED) is 0.418. The largest absolute Gasteiger partial charge is 0.452 e. The Morgan fingerprint density at radius 1 is 1.17 bits per heavy atom. The number of amides is 1. The molecule has 0 unspecified atom stereocenters. The number of hydrogen-bond donors (Lipinski definition) is 1. The van der Waals surface area contributed by atoms with Crippen molar-refractivity contribution in [3.8, 4) is 11.3 Å². The summed E-state index contributed by atoms with van der Waals surface area (Å²) in [7, 11) is 0. The first-order chi connectivity index (χ1) is 14.3. The van der Waals surface area contributed by atoms with Gasteiger partial charge < -0.3 is 4.74 Å². The topological polar surface area (TPSA) is 68.3 Å². The molecule has 0 fully saturated rings. The number of esters is 1. The molecule has 0 spiro atoms. The highest BCUT2D eigenvalue weighted by molar-refractivity contribution is 7.14. The molecule has 1 aromatic heterocycles. The van der Waals surface area contributed by atoms with Gasteiger partial charge in [0.25, 0.3) is 5.91 Å². The van der Waals surface area contributed by atoms with Gasteiger partial charge in [0.05, 0.1) is 10.7 Å². The molecular weight excluding hydrogens is 441 g/mol. The van der Waals surface area contributed by atoms with Gasteiger partial charge in [0.15, 0.2) is 11.7 Å². The van der Waals surface area contributed by atoms with Crippen molar-refractivity contribution in [2.24, 2.45) is 0 Å². The Balaban J connectivity index is 1.55. The average Bonchev–Trinajstić information content (AvgIpc) is 3.16. The fourth-order valence-corrected chi connectivity index (χ4v) is 3.26. The van der Waals surface area contributed by atoms with E-state index < -0.39 is 35.9 Å². The summed E-state index contributed by atoms with van der Waals surface area (Å²) in [5, 5.41) is 4.06.